The molecule has 1 atom stereocenters. The van der Waals surface area contributed by atoms with E-state index in [1.165, 1.54) is 7.11 Å². The van der Waals surface area contributed by atoms with E-state index in [0.29, 0.717) is 17.7 Å². The maximum Gasteiger partial charge on any atom is 0.337 e. The van der Waals surface area contributed by atoms with Gasteiger partial charge in [0.25, 0.3) is 5.91 Å². The first-order valence-electron chi connectivity index (χ1n) is 6.70. The van der Waals surface area contributed by atoms with E-state index in [4.69, 9.17) is 4.74 Å². The van der Waals surface area contributed by atoms with Gasteiger partial charge in [0, 0.05) is 25.0 Å². The van der Waals surface area contributed by atoms with Crippen molar-refractivity contribution in [1.82, 2.24) is 5.32 Å². The van der Waals surface area contributed by atoms with Crippen molar-refractivity contribution < 1.29 is 19.1 Å². The highest BCUT2D eigenvalue weighted by Gasteiger charge is 2.34. The fourth-order valence-corrected chi connectivity index (χ4v) is 3.58. The topological polar surface area (TPSA) is 64.6 Å². The number of carbonyl (C=O) groups is 2. The van der Waals surface area contributed by atoms with Crippen molar-refractivity contribution in [3.8, 4) is 0 Å². The van der Waals surface area contributed by atoms with Crippen molar-refractivity contribution in [2.24, 2.45) is 0 Å². The van der Waals surface area contributed by atoms with Crippen LogP contribution in [0.3, 0.4) is 0 Å². The fraction of sp³-hybridized carbons (Fsp3) is 0.467. The van der Waals surface area contributed by atoms with Crippen LogP contribution in [0.1, 0.15) is 27.1 Å². The van der Waals surface area contributed by atoms with E-state index in [1.807, 2.05) is 11.8 Å². The Kier molecular flexibility index (Phi) is 5.25. The summed E-state index contributed by atoms with van der Waals surface area (Å²) in [4.78, 5) is 23.5. The Balaban J connectivity index is 1.95. The van der Waals surface area contributed by atoms with Crippen LogP contribution >= 0.6 is 11.8 Å². The Morgan fingerprint density at radius 1 is 1.24 bits per heavy atom. The number of nitrogens with one attached hydrogen (secondary N) is 1. The third kappa shape index (κ3) is 3.77. The van der Waals surface area contributed by atoms with Gasteiger partial charge in [-0.05, 0) is 36.4 Å². The summed E-state index contributed by atoms with van der Waals surface area (Å²) in [5.41, 5.74) is 0.681. The molecule has 2 rings (SSSR count). The van der Waals surface area contributed by atoms with Crippen LogP contribution in [-0.4, -0.2) is 49.7 Å². The number of hydrogen-bond donors (Lipinski definition) is 1. The van der Waals surface area contributed by atoms with E-state index < -0.39 is 5.97 Å². The quantitative estimate of drug-likeness (QED) is 0.839. The molecule has 1 aromatic carbocycles. The summed E-state index contributed by atoms with van der Waals surface area (Å²) in [6.07, 6.45) is 0.940. The van der Waals surface area contributed by atoms with Crippen molar-refractivity contribution >= 4 is 23.6 Å². The van der Waals surface area contributed by atoms with Gasteiger partial charge in [-0.3, -0.25) is 4.79 Å². The van der Waals surface area contributed by atoms with Gasteiger partial charge in [0.15, 0.2) is 0 Å². The molecule has 1 fully saturated rings. The molecule has 1 amide bonds. The highest BCUT2D eigenvalue weighted by molar-refractivity contribution is 7.99. The lowest BCUT2D eigenvalue weighted by Gasteiger charge is -2.26. The highest BCUT2D eigenvalue weighted by Crippen LogP contribution is 2.30. The Labute approximate surface area is 128 Å². The third-order valence-corrected chi connectivity index (χ3v) is 4.86. The van der Waals surface area contributed by atoms with E-state index in [9.17, 15) is 9.59 Å². The second-order valence-electron chi connectivity index (χ2n) is 4.94. The van der Waals surface area contributed by atoms with Gasteiger partial charge in [-0.25, -0.2) is 4.79 Å². The first-order valence-corrected chi connectivity index (χ1v) is 7.85. The SMILES string of the molecule is COC(=O)c1ccc(C(=O)NC[C@@]2(OC)CCSC2)cc1. The largest absolute Gasteiger partial charge is 0.465 e. The normalized spacial score (nSPS) is 21.0. The van der Waals surface area contributed by atoms with Crippen molar-refractivity contribution in [3.05, 3.63) is 35.4 Å². The number of esters is 1. The second-order valence-corrected chi connectivity index (χ2v) is 6.05. The van der Waals surface area contributed by atoms with E-state index in [-0.39, 0.29) is 11.5 Å². The summed E-state index contributed by atoms with van der Waals surface area (Å²) < 4.78 is 10.2. The third-order valence-electron chi connectivity index (χ3n) is 3.64. The summed E-state index contributed by atoms with van der Waals surface area (Å²) >= 11 is 1.83. The van der Waals surface area contributed by atoms with Gasteiger partial charge in [-0.15, -0.1) is 0 Å². The predicted octanol–water partition coefficient (Wildman–Crippen LogP) is 1.73. The van der Waals surface area contributed by atoms with E-state index in [0.717, 1.165) is 17.9 Å². The van der Waals surface area contributed by atoms with Gasteiger partial charge in [0.2, 0.25) is 0 Å². The average molecular weight is 309 g/mol. The van der Waals surface area contributed by atoms with Crippen LogP contribution in [-0.2, 0) is 9.47 Å². The van der Waals surface area contributed by atoms with Crippen LogP contribution in [0.25, 0.3) is 0 Å². The summed E-state index contributed by atoms with van der Waals surface area (Å²) in [6.45, 7) is 0.494. The molecule has 0 radical (unpaired) electrons. The first-order chi connectivity index (χ1) is 10.1. The van der Waals surface area contributed by atoms with Gasteiger partial charge in [0.1, 0.15) is 0 Å². The molecule has 1 aliphatic rings. The summed E-state index contributed by atoms with van der Waals surface area (Å²) in [5.74, 6) is 1.37. The van der Waals surface area contributed by atoms with Crippen LogP contribution < -0.4 is 5.32 Å². The van der Waals surface area contributed by atoms with E-state index in [2.05, 4.69) is 10.1 Å². The zero-order chi connectivity index (χ0) is 15.3. The van der Waals surface area contributed by atoms with Gasteiger partial charge in [-0.1, -0.05) is 0 Å². The molecule has 1 aliphatic heterocycles. The zero-order valence-corrected chi connectivity index (χ0v) is 13.0. The average Bonchev–Trinajstić information content (AvgIpc) is 3.01. The summed E-state index contributed by atoms with van der Waals surface area (Å²) in [7, 11) is 3.01. The lowest BCUT2D eigenvalue weighted by atomic mass is 10.0. The van der Waals surface area contributed by atoms with Crippen LogP contribution in [0, 0.1) is 0 Å². The molecular weight excluding hydrogens is 290 g/mol. The molecule has 1 aromatic rings. The van der Waals surface area contributed by atoms with Gasteiger partial charge in [-0.2, -0.15) is 11.8 Å². The minimum atomic E-state index is -0.414. The summed E-state index contributed by atoms with van der Waals surface area (Å²) in [6, 6.07) is 6.39. The lowest BCUT2D eigenvalue weighted by molar-refractivity contribution is 0.0137. The van der Waals surface area contributed by atoms with Gasteiger partial charge in [0.05, 0.1) is 18.3 Å². The number of carbonyl (C=O) groups excluding carboxylic acids is 2. The molecule has 0 bridgehead atoms. The number of rotatable bonds is 5. The van der Waals surface area contributed by atoms with E-state index >= 15 is 0 Å². The maximum atomic E-state index is 12.1. The lowest BCUT2D eigenvalue weighted by Crippen LogP contribution is -2.44. The molecule has 21 heavy (non-hydrogen) atoms. The molecular formula is C15H19NO4S. The molecule has 0 aliphatic carbocycles. The van der Waals surface area contributed by atoms with Crippen molar-refractivity contribution in [2.45, 2.75) is 12.0 Å². The van der Waals surface area contributed by atoms with Crippen molar-refractivity contribution in [3.63, 3.8) is 0 Å². The minimum absolute atomic E-state index is 0.167. The van der Waals surface area contributed by atoms with Gasteiger partial charge < -0.3 is 14.8 Å². The molecule has 5 nitrogen and oxygen atoms in total. The van der Waals surface area contributed by atoms with Crippen LogP contribution in [0.15, 0.2) is 24.3 Å². The predicted molar refractivity (Wildman–Crippen MR) is 81.8 cm³/mol. The number of ether oxygens (including phenoxy) is 2. The number of methoxy groups -OCH3 is 2. The van der Waals surface area contributed by atoms with Crippen molar-refractivity contribution in [1.29, 1.82) is 0 Å². The molecule has 0 spiro atoms. The fourth-order valence-electron chi connectivity index (χ4n) is 2.18. The Morgan fingerprint density at radius 3 is 2.43 bits per heavy atom. The monoisotopic (exact) mass is 309 g/mol. The summed E-state index contributed by atoms with van der Waals surface area (Å²) in [5, 5.41) is 2.90. The molecule has 6 heteroatoms. The number of thioether (sulfide) groups is 1. The Hall–Kier alpha value is -1.53. The van der Waals surface area contributed by atoms with Gasteiger partial charge >= 0.3 is 5.97 Å². The zero-order valence-electron chi connectivity index (χ0n) is 12.2. The molecule has 1 heterocycles. The molecule has 1 saturated heterocycles. The van der Waals surface area contributed by atoms with Crippen LogP contribution in [0.2, 0.25) is 0 Å². The highest BCUT2D eigenvalue weighted by atomic mass is 32.2. The molecule has 1 N–H and O–H groups in total. The molecule has 0 unspecified atom stereocenters. The molecule has 0 aromatic heterocycles. The van der Waals surface area contributed by atoms with E-state index in [1.54, 1.807) is 31.4 Å². The molecule has 114 valence electrons. The number of benzene rings is 1. The minimum Gasteiger partial charge on any atom is -0.465 e. The first kappa shape index (κ1) is 15.9. The Bertz CT molecular complexity index is 509. The number of amides is 1. The van der Waals surface area contributed by atoms with Crippen molar-refractivity contribution in [2.75, 3.05) is 32.3 Å². The maximum absolute atomic E-state index is 12.1. The molecule has 0 saturated carbocycles. The standard InChI is InChI=1S/C15H19NO4S/c1-19-14(18)12-5-3-11(4-6-12)13(17)16-9-15(20-2)7-8-21-10-15/h3-6H,7-10H2,1-2H3,(H,16,17)/t15-/m0/s1. The van der Waals surface area contributed by atoms with Crippen LogP contribution in [0.4, 0.5) is 0 Å². The smallest absolute Gasteiger partial charge is 0.337 e. The number of hydrogen-bond acceptors (Lipinski definition) is 5. The second kappa shape index (κ2) is 6.95. The van der Waals surface area contributed by atoms with Crippen LogP contribution in [0.5, 0.6) is 0 Å². The Morgan fingerprint density at radius 2 is 1.90 bits per heavy atom.